The van der Waals surface area contributed by atoms with Crippen LogP contribution in [0.25, 0.3) is 17.1 Å². The number of halogens is 1. The number of rotatable bonds is 8. The van der Waals surface area contributed by atoms with Crippen LogP contribution in [0, 0.1) is 6.92 Å². The third kappa shape index (κ3) is 5.65. The molecule has 0 fully saturated rings. The highest BCUT2D eigenvalue weighted by Gasteiger charge is 2.17. The van der Waals surface area contributed by atoms with Crippen LogP contribution in [0.4, 0.5) is 5.69 Å². The normalized spacial score (nSPS) is 12.0. The average Bonchev–Trinajstić information content (AvgIpc) is 3.09. The molecule has 1 amide bonds. The molecule has 0 saturated heterocycles. The summed E-state index contributed by atoms with van der Waals surface area (Å²) in [5, 5.41) is 8.22. The number of sulfonamides is 1. The van der Waals surface area contributed by atoms with E-state index in [1.54, 1.807) is 30.5 Å². The summed E-state index contributed by atoms with van der Waals surface area (Å²) in [7, 11) is -3.29. The Morgan fingerprint density at radius 3 is 2.87 bits per heavy atom. The second kappa shape index (κ2) is 9.38. The molecule has 3 rings (SSSR count). The lowest BCUT2D eigenvalue weighted by atomic mass is 10.2. The highest BCUT2D eigenvalue weighted by atomic mass is 35.5. The van der Waals surface area contributed by atoms with Gasteiger partial charge in [0.2, 0.25) is 10.0 Å². The third-order valence-corrected chi connectivity index (χ3v) is 5.37. The predicted molar refractivity (Wildman–Crippen MR) is 119 cm³/mol. The van der Waals surface area contributed by atoms with E-state index in [0.717, 1.165) is 17.2 Å². The van der Waals surface area contributed by atoms with Gasteiger partial charge in [-0.1, -0.05) is 17.7 Å². The van der Waals surface area contributed by atoms with E-state index in [1.807, 2.05) is 19.1 Å². The second-order valence-electron chi connectivity index (χ2n) is 6.81. The van der Waals surface area contributed by atoms with Gasteiger partial charge in [0.25, 0.3) is 5.91 Å². The highest BCUT2D eigenvalue weighted by molar-refractivity contribution is 7.88. The number of hydrogen-bond donors (Lipinski definition) is 2. The third-order valence-electron chi connectivity index (χ3n) is 4.33. The summed E-state index contributed by atoms with van der Waals surface area (Å²) in [6.45, 7) is 2.42. The summed E-state index contributed by atoms with van der Waals surface area (Å²) in [5.74, 6) is -0.285. The number of H-pyrrole nitrogens is 1. The molecular formula is C20H22ClN5O3S. The van der Waals surface area contributed by atoms with Crippen molar-refractivity contribution in [2.24, 2.45) is 0 Å². The van der Waals surface area contributed by atoms with Crippen molar-refractivity contribution in [2.45, 2.75) is 13.3 Å². The minimum absolute atomic E-state index is 0.215. The summed E-state index contributed by atoms with van der Waals surface area (Å²) in [6.07, 6.45) is 6.24. The van der Waals surface area contributed by atoms with E-state index >= 15 is 0 Å². The second-order valence-corrected chi connectivity index (χ2v) is 9.05. The number of nitrogens with zero attached hydrogens (tertiary/aromatic N) is 3. The fraction of sp³-hybridized carbons (Fsp3) is 0.250. The van der Waals surface area contributed by atoms with Crippen molar-refractivity contribution < 1.29 is 13.2 Å². The maximum atomic E-state index is 13.0. The molecule has 1 aromatic carbocycles. The van der Waals surface area contributed by atoms with E-state index in [9.17, 15) is 13.2 Å². The van der Waals surface area contributed by atoms with Crippen LogP contribution in [0.2, 0.25) is 5.02 Å². The highest BCUT2D eigenvalue weighted by Crippen LogP contribution is 2.27. The minimum atomic E-state index is -3.29. The van der Waals surface area contributed by atoms with E-state index in [1.165, 1.54) is 11.0 Å². The van der Waals surface area contributed by atoms with Crippen LogP contribution in [0.3, 0.4) is 0 Å². The Kier molecular flexibility index (Phi) is 6.86. The molecule has 10 heteroatoms. The molecule has 158 valence electrons. The number of pyridine rings is 1. The van der Waals surface area contributed by atoms with Gasteiger partial charge >= 0.3 is 0 Å². The van der Waals surface area contributed by atoms with Crippen LogP contribution in [0.5, 0.6) is 0 Å². The Morgan fingerprint density at radius 1 is 1.33 bits per heavy atom. The number of nitrogens with one attached hydrogen (secondary N) is 2. The smallest absolute Gasteiger partial charge is 0.251 e. The van der Waals surface area contributed by atoms with Gasteiger partial charge in [0.05, 0.1) is 22.7 Å². The van der Waals surface area contributed by atoms with Gasteiger partial charge in [-0.15, -0.1) is 0 Å². The molecule has 2 heterocycles. The number of anilines is 1. The molecule has 0 atom stereocenters. The van der Waals surface area contributed by atoms with Gasteiger partial charge in [-0.05, 0) is 49.2 Å². The first-order valence-corrected chi connectivity index (χ1v) is 11.5. The maximum absolute atomic E-state index is 13.0. The molecule has 2 aromatic heterocycles. The Labute approximate surface area is 180 Å². The van der Waals surface area contributed by atoms with Crippen LogP contribution in [-0.2, 0) is 14.8 Å². The SMILES string of the molecule is Cc1ccc(N(CCCNS(C)(=O)=O)C(=O)/C=C/c2[nH]nc3ncccc23)c(Cl)c1. The Hall–Kier alpha value is -2.75. The maximum Gasteiger partial charge on any atom is 0.251 e. The molecular weight excluding hydrogens is 426 g/mol. The number of fused-ring (bicyclic) bond motifs is 1. The van der Waals surface area contributed by atoms with E-state index < -0.39 is 10.0 Å². The topological polar surface area (TPSA) is 108 Å². The van der Waals surface area contributed by atoms with Crippen molar-refractivity contribution in [3.05, 3.63) is 58.9 Å². The standard InChI is InChI=1S/C20H22ClN5O3S/c1-14-6-8-18(16(21)13-14)26(12-4-11-23-30(2,28)29)19(27)9-7-17-15-5-3-10-22-20(15)25-24-17/h3,5-10,13,23H,4,11-12H2,1-2H3,(H,22,24,25)/b9-7+. The Balaban J connectivity index is 1.81. The number of aryl methyl sites for hydroxylation is 1. The van der Waals surface area contributed by atoms with Crippen LogP contribution in [0.1, 0.15) is 17.7 Å². The first-order chi connectivity index (χ1) is 14.2. The molecule has 2 N–H and O–H groups in total. The largest absolute Gasteiger partial charge is 0.307 e. The van der Waals surface area contributed by atoms with Crippen LogP contribution in [-0.4, -0.2) is 48.9 Å². The van der Waals surface area contributed by atoms with Gasteiger partial charge in [-0.3, -0.25) is 9.89 Å². The first kappa shape index (κ1) is 21.9. The van der Waals surface area contributed by atoms with E-state index in [0.29, 0.717) is 35.0 Å². The molecule has 3 aromatic rings. The van der Waals surface area contributed by atoms with Crippen molar-refractivity contribution in [1.82, 2.24) is 19.9 Å². The fourth-order valence-corrected chi connectivity index (χ4v) is 3.77. The lowest BCUT2D eigenvalue weighted by Gasteiger charge is -2.23. The van der Waals surface area contributed by atoms with Crippen molar-refractivity contribution in [1.29, 1.82) is 0 Å². The van der Waals surface area contributed by atoms with Crippen LogP contribution < -0.4 is 9.62 Å². The number of benzene rings is 1. The molecule has 0 unspecified atom stereocenters. The minimum Gasteiger partial charge on any atom is -0.307 e. The molecule has 0 bridgehead atoms. The summed E-state index contributed by atoms with van der Waals surface area (Å²) in [4.78, 5) is 18.7. The van der Waals surface area contributed by atoms with Crippen molar-refractivity contribution in [2.75, 3.05) is 24.2 Å². The fourth-order valence-electron chi connectivity index (χ4n) is 2.92. The van der Waals surface area contributed by atoms with Gasteiger partial charge in [0.15, 0.2) is 5.65 Å². The lowest BCUT2D eigenvalue weighted by Crippen LogP contribution is -2.33. The molecule has 0 radical (unpaired) electrons. The molecule has 30 heavy (non-hydrogen) atoms. The van der Waals surface area contributed by atoms with Crippen molar-refractivity contribution >= 4 is 50.3 Å². The average molecular weight is 448 g/mol. The monoisotopic (exact) mass is 447 g/mol. The van der Waals surface area contributed by atoms with Crippen LogP contribution in [0.15, 0.2) is 42.6 Å². The van der Waals surface area contributed by atoms with Crippen molar-refractivity contribution in [3.63, 3.8) is 0 Å². The van der Waals surface area contributed by atoms with Gasteiger partial charge in [-0.2, -0.15) is 5.10 Å². The molecule has 0 aliphatic rings. The predicted octanol–water partition coefficient (Wildman–Crippen LogP) is 2.91. The number of aromatic amines is 1. The number of aromatic nitrogens is 3. The van der Waals surface area contributed by atoms with Gasteiger partial charge in [0, 0.05) is 30.7 Å². The van der Waals surface area contributed by atoms with Gasteiger partial charge < -0.3 is 4.90 Å². The molecule has 0 saturated carbocycles. The van der Waals surface area contributed by atoms with E-state index in [4.69, 9.17) is 11.6 Å². The quantitative estimate of drug-likeness (QED) is 0.407. The summed E-state index contributed by atoms with van der Waals surface area (Å²) in [5.41, 5.74) is 2.77. The molecule has 0 aliphatic carbocycles. The lowest BCUT2D eigenvalue weighted by molar-refractivity contribution is -0.114. The number of amides is 1. The van der Waals surface area contributed by atoms with Gasteiger partial charge in [-0.25, -0.2) is 18.1 Å². The number of carbonyl (C=O) groups excluding carboxylic acids is 1. The van der Waals surface area contributed by atoms with E-state index in [-0.39, 0.29) is 12.5 Å². The van der Waals surface area contributed by atoms with Gasteiger partial charge in [0.1, 0.15) is 0 Å². The number of hydrogen-bond acceptors (Lipinski definition) is 5. The Bertz CT molecular complexity index is 1190. The van der Waals surface area contributed by atoms with E-state index in [2.05, 4.69) is 19.9 Å². The summed E-state index contributed by atoms with van der Waals surface area (Å²) < 4.78 is 25.0. The zero-order valence-corrected chi connectivity index (χ0v) is 18.2. The van der Waals surface area contributed by atoms with Crippen LogP contribution >= 0.6 is 11.6 Å². The van der Waals surface area contributed by atoms with Crippen molar-refractivity contribution in [3.8, 4) is 0 Å². The first-order valence-electron chi connectivity index (χ1n) is 9.24. The number of carbonyl (C=O) groups is 1. The molecule has 8 nitrogen and oxygen atoms in total. The summed E-state index contributed by atoms with van der Waals surface area (Å²) in [6, 6.07) is 9.09. The zero-order chi connectivity index (χ0) is 21.7. The summed E-state index contributed by atoms with van der Waals surface area (Å²) >= 11 is 6.38. The molecule has 0 spiro atoms. The Morgan fingerprint density at radius 2 is 2.13 bits per heavy atom. The molecule has 0 aliphatic heterocycles. The zero-order valence-electron chi connectivity index (χ0n) is 16.6.